The van der Waals surface area contributed by atoms with E-state index in [-0.39, 0.29) is 19.3 Å². The van der Waals surface area contributed by atoms with Crippen LogP contribution in [-0.2, 0) is 21.7 Å². The molecule has 0 radical (unpaired) electrons. The number of aromatic nitrogens is 1. The van der Waals surface area contributed by atoms with Gasteiger partial charge < -0.3 is 15.3 Å². The number of halogens is 9. The molecule has 6 nitrogen and oxygen atoms in total. The number of amides is 1. The molecule has 0 bridgehead atoms. The summed E-state index contributed by atoms with van der Waals surface area (Å²) in [5.41, 5.74) is -2.43. The van der Waals surface area contributed by atoms with Crippen LogP contribution < -0.4 is 5.32 Å². The van der Waals surface area contributed by atoms with Crippen molar-refractivity contribution in [1.29, 1.82) is 0 Å². The highest BCUT2D eigenvalue weighted by Gasteiger charge is 2.47. The molecule has 1 aromatic rings. The first kappa shape index (κ1) is 24.8. The van der Waals surface area contributed by atoms with Gasteiger partial charge in [0.1, 0.15) is 5.69 Å². The van der Waals surface area contributed by atoms with Gasteiger partial charge in [-0.2, -0.15) is 35.1 Å². The van der Waals surface area contributed by atoms with Gasteiger partial charge in [-0.15, -0.1) is 0 Å². The summed E-state index contributed by atoms with van der Waals surface area (Å²) in [6, 6.07) is 0.336. The molecule has 0 aliphatic carbocycles. The van der Waals surface area contributed by atoms with Crippen molar-refractivity contribution < 1.29 is 49.8 Å². The molecule has 1 aromatic heterocycles. The van der Waals surface area contributed by atoms with Gasteiger partial charge in [0.25, 0.3) is 5.91 Å². The SMILES string of the molecule is O=C(N1CCNCC1)C(F)(F)c1ncc(C(F)(F)F)cc1Cl.O=C(O)C(F)(F)F. The molecular formula is C14H12ClF8N3O3. The Morgan fingerprint density at radius 1 is 1.07 bits per heavy atom. The number of carboxylic acid groups (broad SMARTS) is 1. The fourth-order valence-electron chi connectivity index (χ4n) is 1.99. The molecule has 0 unspecified atom stereocenters. The van der Waals surface area contributed by atoms with Crippen molar-refractivity contribution in [2.75, 3.05) is 26.2 Å². The van der Waals surface area contributed by atoms with E-state index < -0.39 is 46.4 Å². The largest absolute Gasteiger partial charge is 0.490 e. The quantitative estimate of drug-likeness (QED) is 0.667. The van der Waals surface area contributed by atoms with Crippen molar-refractivity contribution in [1.82, 2.24) is 15.2 Å². The number of carboxylic acids is 1. The van der Waals surface area contributed by atoms with Crippen molar-refractivity contribution in [2.45, 2.75) is 18.3 Å². The van der Waals surface area contributed by atoms with Crippen LogP contribution in [-0.4, -0.2) is 59.2 Å². The maximum atomic E-state index is 14.2. The highest BCUT2D eigenvalue weighted by molar-refractivity contribution is 6.31. The normalized spacial score (nSPS) is 15.4. The molecule has 2 rings (SSSR count). The fourth-order valence-corrected chi connectivity index (χ4v) is 2.28. The lowest BCUT2D eigenvalue weighted by atomic mass is 10.1. The smallest absolute Gasteiger partial charge is 0.475 e. The minimum absolute atomic E-state index is 0.0761. The number of alkyl halides is 8. The number of pyridine rings is 1. The summed E-state index contributed by atoms with van der Waals surface area (Å²) in [7, 11) is 0. The van der Waals surface area contributed by atoms with E-state index in [2.05, 4.69) is 10.3 Å². The topological polar surface area (TPSA) is 82.5 Å². The average Bonchev–Trinajstić information content (AvgIpc) is 2.60. The van der Waals surface area contributed by atoms with Crippen LogP contribution in [0.15, 0.2) is 12.3 Å². The Kier molecular flexibility index (Phi) is 7.76. The van der Waals surface area contributed by atoms with Gasteiger partial charge in [-0.25, -0.2) is 4.79 Å². The minimum atomic E-state index is -5.08. The third-order valence-corrected chi connectivity index (χ3v) is 3.67. The van der Waals surface area contributed by atoms with Crippen molar-refractivity contribution in [3.63, 3.8) is 0 Å². The second-order valence-corrected chi connectivity index (χ2v) is 5.88. The molecule has 0 spiro atoms. The number of hydrogen-bond acceptors (Lipinski definition) is 4. The summed E-state index contributed by atoms with van der Waals surface area (Å²) in [6.45, 7) is 0.866. The maximum absolute atomic E-state index is 14.2. The van der Waals surface area contributed by atoms with Crippen LogP contribution in [0.3, 0.4) is 0 Å². The van der Waals surface area contributed by atoms with E-state index in [1.54, 1.807) is 0 Å². The van der Waals surface area contributed by atoms with Crippen LogP contribution >= 0.6 is 11.6 Å². The molecule has 1 aliphatic rings. The van der Waals surface area contributed by atoms with E-state index in [1.807, 2.05) is 0 Å². The number of nitrogens with one attached hydrogen (secondary N) is 1. The van der Waals surface area contributed by atoms with E-state index in [1.165, 1.54) is 0 Å². The predicted molar refractivity (Wildman–Crippen MR) is 81.3 cm³/mol. The second-order valence-electron chi connectivity index (χ2n) is 5.47. The molecule has 1 saturated heterocycles. The molecule has 29 heavy (non-hydrogen) atoms. The van der Waals surface area contributed by atoms with Crippen molar-refractivity contribution >= 4 is 23.5 Å². The highest BCUT2D eigenvalue weighted by atomic mass is 35.5. The molecule has 1 aliphatic heterocycles. The molecule has 0 atom stereocenters. The number of piperazine rings is 1. The molecule has 164 valence electrons. The van der Waals surface area contributed by atoms with Crippen LogP contribution in [0.4, 0.5) is 35.1 Å². The first-order chi connectivity index (χ1) is 13.1. The summed E-state index contributed by atoms with van der Waals surface area (Å²) >= 11 is 5.48. The number of hydrogen-bond donors (Lipinski definition) is 2. The summed E-state index contributed by atoms with van der Waals surface area (Å²) in [6.07, 6.45) is -9.60. The van der Waals surface area contributed by atoms with Gasteiger partial charge in [0.05, 0.1) is 10.6 Å². The summed E-state index contributed by atoms with van der Waals surface area (Å²) < 4.78 is 97.5. The monoisotopic (exact) mass is 457 g/mol. The summed E-state index contributed by atoms with van der Waals surface area (Å²) in [4.78, 5) is 24.8. The van der Waals surface area contributed by atoms with Crippen molar-refractivity contribution in [2.24, 2.45) is 0 Å². The molecule has 1 fully saturated rings. The van der Waals surface area contributed by atoms with E-state index in [4.69, 9.17) is 21.5 Å². The Labute approximate surface area is 162 Å². The molecule has 15 heteroatoms. The Bertz CT molecular complexity index is 749. The van der Waals surface area contributed by atoms with Gasteiger partial charge in [0.2, 0.25) is 0 Å². The molecule has 0 saturated carbocycles. The van der Waals surface area contributed by atoms with Gasteiger partial charge in [-0.3, -0.25) is 9.78 Å². The first-order valence-corrected chi connectivity index (χ1v) is 7.87. The minimum Gasteiger partial charge on any atom is -0.475 e. The molecule has 2 N–H and O–H groups in total. The van der Waals surface area contributed by atoms with Gasteiger partial charge in [-0.05, 0) is 6.07 Å². The average molecular weight is 458 g/mol. The number of carbonyl (C=O) groups excluding carboxylic acids is 1. The predicted octanol–water partition coefficient (Wildman–Crippen LogP) is 2.91. The Morgan fingerprint density at radius 2 is 1.55 bits per heavy atom. The van der Waals surface area contributed by atoms with Crippen LogP contribution in [0, 0.1) is 0 Å². The molecular weight excluding hydrogens is 446 g/mol. The van der Waals surface area contributed by atoms with Crippen LogP contribution in [0.2, 0.25) is 5.02 Å². The van der Waals surface area contributed by atoms with Crippen molar-refractivity contribution in [3.8, 4) is 0 Å². The zero-order valence-corrected chi connectivity index (χ0v) is 14.8. The van der Waals surface area contributed by atoms with Crippen molar-refractivity contribution in [3.05, 3.63) is 28.5 Å². The Balaban J connectivity index is 0.000000516. The lowest BCUT2D eigenvalue weighted by molar-refractivity contribution is -0.192. The molecule has 0 aromatic carbocycles. The van der Waals surface area contributed by atoms with Gasteiger partial charge in [0, 0.05) is 32.4 Å². The second kappa shape index (κ2) is 9.07. The van der Waals surface area contributed by atoms with Gasteiger partial charge in [0.15, 0.2) is 0 Å². The highest BCUT2D eigenvalue weighted by Crippen LogP contribution is 2.37. The maximum Gasteiger partial charge on any atom is 0.490 e. The lowest BCUT2D eigenvalue weighted by Gasteiger charge is -2.30. The Morgan fingerprint density at radius 3 is 1.93 bits per heavy atom. The molecule has 2 heterocycles. The summed E-state index contributed by atoms with van der Waals surface area (Å²) in [5, 5.41) is 9.12. The van der Waals surface area contributed by atoms with Crippen LogP contribution in [0.1, 0.15) is 11.3 Å². The van der Waals surface area contributed by atoms with Gasteiger partial charge >= 0.3 is 24.2 Å². The third kappa shape index (κ3) is 6.66. The zero-order valence-electron chi connectivity index (χ0n) is 14.0. The van der Waals surface area contributed by atoms with E-state index in [0.29, 0.717) is 19.2 Å². The number of nitrogens with zero attached hydrogens (tertiary/aromatic N) is 2. The molecule has 1 amide bonds. The van der Waals surface area contributed by atoms with E-state index >= 15 is 0 Å². The number of aliphatic carboxylic acids is 1. The van der Waals surface area contributed by atoms with Gasteiger partial charge in [-0.1, -0.05) is 11.6 Å². The zero-order chi connectivity index (χ0) is 22.6. The first-order valence-electron chi connectivity index (χ1n) is 7.49. The van der Waals surface area contributed by atoms with E-state index in [0.717, 1.165) is 4.90 Å². The van der Waals surface area contributed by atoms with Crippen LogP contribution in [0.25, 0.3) is 0 Å². The van der Waals surface area contributed by atoms with E-state index in [9.17, 15) is 39.9 Å². The standard InChI is InChI=1S/C12H11ClF5N3O.C2HF3O2/c13-8-5-7(12(16,17)18)6-20-9(8)11(14,15)10(22)21-3-1-19-2-4-21;3-2(4,5)1(6)7/h5-6,19H,1-4H2;(H,6,7). The number of rotatable bonds is 2. The number of carbonyl (C=O) groups is 2. The van der Waals surface area contributed by atoms with Crippen LogP contribution in [0.5, 0.6) is 0 Å². The fraction of sp³-hybridized carbons (Fsp3) is 0.500. The third-order valence-electron chi connectivity index (χ3n) is 3.38. The summed E-state index contributed by atoms with van der Waals surface area (Å²) in [5.74, 6) is -8.37. The lowest BCUT2D eigenvalue weighted by Crippen LogP contribution is -2.51. The Hall–Kier alpha value is -2.22.